The average Bonchev–Trinajstić information content (AvgIpc) is 2.98. The summed E-state index contributed by atoms with van der Waals surface area (Å²) in [6, 6.07) is 2.26. The number of aromatic amines is 2. The quantitative estimate of drug-likeness (QED) is 0.607. The third-order valence-electron chi connectivity index (χ3n) is 3.57. The number of rotatable bonds is 7. The van der Waals surface area contributed by atoms with E-state index in [4.69, 9.17) is 0 Å². The molecule has 7 nitrogen and oxygen atoms in total. The lowest BCUT2D eigenvalue weighted by Gasteiger charge is -2.04. The van der Waals surface area contributed by atoms with Gasteiger partial charge in [-0.15, -0.1) is 0 Å². The molecule has 0 aliphatic heterocycles. The van der Waals surface area contributed by atoms with Crippen LogP contribution in [0.25, 0.3) is 0 Å². The van der Waals surface area contributed by atoms with E-state index in [1.165, 1.54) is 19.0 Å². The Morgan fingerprint density at radius 2 is 2.19 bits per heavy atom. The second-order valence-electron chi connectivity index (χ2n) is 5.36. The number of H-pyrrole nitrogens is 2. The molecule has 4 N–H and O–H groups in total. The van der Waals surface area contributed by atoms with E-state index in [0.717, 1.165) is 17.0 Å². The predicted octanol–water partition coefficient (Wildman–Crippen LogP) is 0.777. The maximum absolute atomic E-state index is 12.2. The molecule has 0 saturated heterocycles. The van der Waals surface area contributed by atoms with Crippen LogP contribution < -0.4 is 10.0 Å². The van der Waals surface area contributed by atoms with Gasteiger partial charge in [0.05, 0.1) is 11.1 Å². The highest BCUT2D eigenvalue weighted by atomic mass is 32.2. The molecular weight excluding hydrogens is 290 g/mol. The molecule has 0 atom stereocenters. The summed E-state index contributed by atoms with van der Waals surface area (Å²) in [7, 11) is -3.51. The zero-order chi connectivity index (χ0) is 14.9. The Morgan fingerprint density at radius 3 is 2.86 bits per heavy atom. The van der Waals surface area contributed by atoms with Crippen LogP contribution in [0.1, 0.15) is 29.8 Å². The Hall–Kier alpha value is -1.64. The predicted molar refractivity (Wildman–Crippen MR) is 78.0 cm³/mol. The topological polar surface area (TPSA) is 103 Å². The Kier molecular flexibility index (Phi) is 3.83. The first-order valence-electron chi connectivity index (χ1n) is 6.94. The minimum absolute atomic E-state index is 0.228. The lowest BCUT2D eigenvalue weighted by molar-refractivity contribution is 0.581. The van der Waals surface area contributed by atoms with Crippen LogP contribution in [-0.2, 0) is 23.1 Å². The van der Waals surface area contributed by atoms with Crippen molar-refractivity contribution in [3.8, 4) is 0 Å². The average molecular weight is 309 g/mol. The van der Waals surface area contributed by atoms with Gasteiger partial charge >= 0.3 is 0 Å². The second kappa shape index (κ2) is 5.63. The first-order chi connectivity index (χ1) is 10.0. The summed E-state index contributed by atoms with van der Waals surface area (Å²) in [5.41, 5.74) is 2.58. The van der Waals surface area contributed by atoms with E-state index in [1.807, 2.05) is 6.92 Å². The molecule has 0 unspecified atom stereocenters. The van der Waals surface area contributed by atoms with Crippen molar-refractivity contribution in [2.24, 2.45) is 0 Å². The molecule has 2 heterocycles. The Balaban J connectivity index is 1.62. The van der Waals surface area contributed by atoms with Crippen LogP contribution in [0.3, 0.4) is 0 Å². The molecule has 0 bridgehead atoms. The van der Waals surface area contributed by atoms with E-state index in [2.05, 4.69) is 25.2 Å². The third kappa shape index (κ3) is 3.52. The number of aromatic nitrogens is 3. The van der Waals surface area contributed by atoms with Gasteiger partial charge in [0.15, 0.2) is 0 Å². The fourth-order valence-electron chi connectivity index (χ4n) is 2.03. The lowest BCUT2D eigenvalue weighted by atomic mass is 10.3. The van der Waals surface area contributed by atoms with Gasteiger partial charge in [-0.25, -0.2) is 13.1 Å². The van der Waals surface area contributed by atoms with Crippen molar-refractivity contribution >= 4 is 10.0 Å². The third-order valence-corrected chi connectivity index (χ3v) is 4.95. The minimum Gasteiger partial charge on any atom is -0.363 e. The number of hydrogen-bond donors (Lipinski definition) is 4. The molecular formula is C13H19N5O2S. The Bertz CT molecular complexity index is 715. The van der Waals surface area contributed by atoms with Crippen molar-refractivity contribution in [1.82, 2.24) is 25.2 Å². The summed E-state index contributed by atoms with van der Waals surface area (Å²) in [5.74, 6) is 0. The number of sulfonamides is 1. The Labute approximate surface area is 123 Å². The molecule has 0 radical (unpaired) electrons. The highest BCUT2D eigenvalue weighted by molar-refractivity contribution is 7.89. The first kappa shape index (κ1) is 14.3. The van der Waals surface area contributed by atoms with Crippen LogP contribution in [0.15, 0.2) is 23.4 Å². The fourth-order valence-corrected chi connectivity index (χ4v) is 3.05. The van der Waals surface area contributed by atoms with Gasteiger partial charge in [-0.05, 0) is 25.8 Å². The molecule has 1 saturated carbocycles. The molecule has 1 fully saturated rings. The lowest BCUT2D eigenvalue weighted by Crippen LogP contribution is -2.23. The molecule has 0 amide bonds. The van der Waals surface area contributed by atoms with Crippen molar-refractivity contribution in [2.75, 3.05) is 0 Å². The van der Waals surface area contributed by atoms with E-state index < -0.39 is 10.0 Å². The summed E-state index contributed by atoms with van der Waals surface area (Å²) in [6.07, 6.45) is 5.56. The number of nitrogens with one attached hydrogen (secondary N) is 4. The van der Waals surface area contributed by atoms with Crippen molar-refractivity contribution < 1.29 is 8.42 Å². The van der Waals surface area contributed by atoms with Crippen LogP contribution in [0.4, 0.5) is 0 Å². The summed E-state index contributed by atoms with van der Waals surface area (Å²) >= 11 is 0. The number of aryl methyl sites for hydroxylation is 1. The van der Waals surface area contributed by atoms with Crippen LogP contribution in [-0.4, -0.2) is 29.6 Å². The molecule has 3 rings (SSSR count). The molecule has 1 aliphatic rings. The zero-order valence-corrected chi connectivity index (χ0v) is 12.6. The van der Waals surface area contributed by atoms with Gasteiger partial charge in [0.2, 0.25) is 10.0 Å². The van der Waals surface area contributed by atoms with Crippen molar-refractivity contribution in [2.45, 2.75) is 43.8 Å². The highest BCUT2D eigenvalue weighted by Crippen LogP contribution is 2.19. The fraction of sp³-hybridized carbons (Fsp3) is 0.462. The number of nitrogens with zero attached hydrogens (tertiary/aromatic N) is 1. The van der Waals surface area contributed by atoms with E-state index >= 15 is 0 Å². The summed E-state index contributed by atoms with van der Waals surface area (Å²) < 4.78 is 27.0. The number of hydrogen-bond acceptors (Lipinski definition) is 4. The van der Waals surface area contributed by atoms with Crippen molar-refractivity contribution in [1.29, 1.82) is 0 Å². The van der Waals surface area contributed by atoms with Gasteiger partial charge < -0.3 is 10.3 Å². The largest absolute Gasteiger partial charge is 0.363 e. The van der Waals surface area contributed by atoms with Crippen molar-refractivity contribution in [3.63, 3.8) is 0 Å². The van der Waals surface area contributed by atoms with Crippen LogP contribution >= 0.6 is 0 Å². The molecule has 0 aromatic carbocycles. The van der Waals surface area contributed by atoms with E-state index in [1.54, 1.807) is 12.3 Å². The van der Waals surface area contributed by atoms with Crippen LogP contribution in [0.5, 0.6) is 0 Å². The maximum atomic E-state index is 12.2. The molecule has 8 heteroatoms. The first-order valence-corrected chi connectivity index (χ1v) is 8.42. The van der Waals surface area contributed by atoms with E-state index in [-0.39, 0.29) is 11.4 Å². The van der Waals surface area contributed by atoms with E-state index in [9.17, 15) is 8.42 Å². The monoisotopic (exact) mass is 309 g/mol. The Morgan fingerprint density at radius 1 is 1.38 bits per heavy atom. The van der Waals surface area contributed by atoms with Crippen LogP contribution in [0, 0.1) is 6.92 Å². The summed E-state index contributed by atoms with van der Waals surface area (Å²) in [5, 5.41) is 10.00. The summed E-state index contributed by atoms with van der Waals surface area (Å²) in [4.78, 5) is 3.26. The summed E-state index contributed by atoms with van der Waals surface area (Å²) in [6.45, 7) is 2.75. The smallest absolute Gasteiger partial charge is 0.242 e. The van der Waals surface area contributed by atoms with Gasteiger partial charge in [0.1, 0.15) is 0 Å². The molecule has 1 aliphatic carbocycles. The normalized spacial score (nSPS) is 15.5. The highest BCUT2D eigenvalue weighted by Gasteiger charge is 2.21. The van der Waals surface area contributed by atoms with Gasteiger partial charge in [0.25, 0.3) is 0 Å². The standard InChI is InChI=1S/C13H19N5O2S/c1-9-10(5-16-18-9)6-17-21(19,20)13-4-12(15-8-13)7-14-11-2-3-11/h4-5,8,11,14-15,17H,2-3,6-7H2,1H3,(H,16,18). The maximum Gasteiger partial charge on any atom is 0.242 e. The molecule has 114 valence electrons. The molecule has 21 heavy (non-hydrogen) atoms. The van der Waals surface area contributed by atoms with E-state index in [0.29, 0.717) is 12.6 Å². The van der Waals surface area contributed by atoms with Gasteiger partial charge in [-0.3, -0.25) is 5.10 Å². The zero-order valence-electron chi connectivity index (χ0n) is 11.8. The van der Waals surface area contributed by atoms with Gasteiger partial charge in [0, 0.05) is 42.3 Å². The van der Waals surface area contributed by atoms with Gasteiger partial charge in [-0.1, -0.05) is 0 Å². The SMILES string of the molecule is Cc1[nH]ncc1CNS(=O)(=O)c1c[nH]c(CNC2CC2)c1. The molecule has 0 spiro atoms. The van der Waals surface area contributed by atoms with Crippen molar-refractivity contribution in [3.05, 3.63) is 35.4 Å². The molecule has 2 aromatic rings. The second-order valence-corrected chi connectivity index (χ2v) is 7.13. The van der Waals surface area contributed by atoms with Crippen LogP contribution in [0.2, 0.25) is 0 Å². The van der Waals surface area contributed by atoms with Gasteiger partial charge in [-0.2, -0.15) is 5.10 Å². The minimum atomic E-state index is -3.51. The molecule has 2 aromatic heterocycles.